The lowest BCUT2D eigenvalue weighted by molar-refractivity contribution is 0.516. The molecule has 0 bridgehead atoms. The van der Waals surface area contributed by atoms with Gasteiger partial charge in [0.15, 0.2) is 5.82 Å². The summed E-state index contributed by atoms with van der Waals surface area (Å²) in [5, 5.41) is 0. The molecule has 0 aliphatic rings. The quantitative estimate of drug-likeness (QED) is 0.769. The molecule has 1 heterocycles. The van der Waals surface area contributed by atoms with Crippen LogP contribution in [-0.2, 0) is 10.0 Å². The molecule has 2 aromatic rings. The van der Waals surface area contributed by atoms with Crippen molar-refractivity contribution >= 4 is 10.0 Å². The number of hydrogen-bond acceptors (Lipinski definition) is 5. The van der Waals surface area contributed by atoms with Crippen molar-refractivity contribution in [3.8, 4) is 11.4 Å². The summed E-state index contributed by atoms with van der Waals surface area (Å²) in [5.74, 6) is 0.492. The number of sulfonamides is 1. The van der Waals surface area contributed by atoms with E-state index in [9.17, 15) is 8.42 Å². The van der Waals surface area contributed by atoms with E-state index in [0.29, 0.717) is 5.82 Å². The Bertz CT molecular complexity index is 703. The second-order valence-corrected chi connectivity index (χ2v) is 7.02. The van der Waals surface area contributed by atoms with E-state index in [1.807, 2.05) is 30.3 Å². The van der Waals surface area contributed by atoms with E-state index in [1.165, 1.54) is 12.4 Å². The normalized spacial score (nSPS) is 13.0. The van der Waals surface area contributed by atoms with E-state index in [1.54, 1.807) is 0 Å². The number of rotatable bonds is 8. The number of nitrogens with two attached hydrogens (primary N) is 1. The minimum absolute atomic E-state index is 0.0483. The van der Waals surface area contributed by atoms with Gasteiger partial charge in [-0.05, 0) is 6.42 Å². The van der Waals surface area contributed by atoms with Gasteiger partial charge in [-0.1, -0.05) is 50.1 Å². The van der Waals surface area contributed by atoms with Gasteiger partial charge < -0.3 is 5.73 Å². The first-order valence-electron chi connectivity index (χ1n) is 7.66. The molecule has 0 aliphatic carbocycles. The van der Waals surface area contributed by atoms with Gasteiger partial charge in [0, 0.05) is 18.2 Å². The van der Waals surface area contributed by atoms with Gasteiger partial charge in [0.05, 0.1) is 12.4 Å². The fourth-order valence-electron chi connectivity index (χ4n) is 2.15. The summed E-state index contributed by atoms with van der Waals surface area (Å²) < 4.78 is 27.4. The van der Waals surface area contributed by atoms with Crippen LogP contribution in [0.5, 0.6) is 0 Å². The maximum atomic E-state index is 12.4. The first-order valence-corrected chi connectivity index (χ1v) is 9.15. The Balaban J connectivity index is 2.14. The molecule has 0 saturated heterocycles. The van der Waals surface area contributed by atoms with Gasteiger partial charge in [-0.3, -0.25) is 0 Å². The maximum Gasteiger partial charge on any atom is 0.243 e. The first kappa shape index (κ1) is 17.5. The van der Waals surface area contributed by atoms with E-state index in [0.717, 1.165) is 24.8 Å². The lowest BCUT2D eigenvalue weighted by Gasteiger charge is -2.16. The highest BCUT2D eigenvalue weighted by Gasteiger charge is 2.20. The van der Waals surface area contributed by atoms with E-state index in [-0.39, 0.29) is 17.5 Å². The third kappa shape index (κ3) is 4.82. The SMILES string of the molecule is CCCCC(CN)NS(=O)(=O)c1cnc(-c2ccccc2)nc1. The Hall–Kier alpha value is -1.83. The Morgan fingerprint density at radius 2 is 1.83 bits per heavy atom. The van der Waals surface area contributed by atoms with Gasteiger partial charge in [-0.2, -0.15) is 0 Å². The zero-order valence-corrected chi connectivity index (χ0v) is 14.0. The van der Waals surface area contributed by atoms with Crippen LogP contribution >= 0.6 is 0 Å². The second kappa shape index (κ2) is 8.14. The van der Waals surface area contributed by atoms with Crippen molar-refractivity contribution in [2.45, 2.75) is 37.1 Å². The fraction of sp³-hybridized carbons (Fsp3) is 0.375. The molecule has 0 saturated carbocycles. The molecular weight excluding hydrogens is 312 g/mol. The van der Waals surface area contributed by atoms with Crippen LogP contribution in [0.25, 0.3) is 11.4 Å². The van der Waals surface area contributed by atoms with Crippen molar-refractivity contribution < 1.29 is 8.42 Å². The highest BCUT2D eigenvalue weighted by Crippen LogP contribution is 2.15. The van der Waals surface area contributed by atoms with Gasteiger partial charge >= 0.3 is 0 Å². The predicted octanol–water partition coefficient (Wildman–Crippen LogP) is 1.94. The van der Waals surface area contributed by atoms with E-state index < -0.39 is 10.0 Å². The van der Waals surface area contributed by atoms with Crippen LogP contribution in [0.2, 0.25) is 0 Å². The molecule has 0 fully saturated rings. The van der Waals surface area contributed by atoms with Crippen molar-refractivity contribution in [3.63, 3.8) is 0 Å². The topological polar surface area (TPSA) is 98.0 Å². The summed E-state index contributed by atoms with van der Waals surface area (Å²) >= 11 is 0. The standard InChI is InChI=1S/C16H22N4O2S/c1-2-3-9-14(10-17)20-23(21,22)15-11-18-16(19-12-15)13-7-5-4-6-8-13/h4-8,11-12,14,20H,2-3,9-10,17H2,1H3. The zero-order valence-electron chi connectivity index (χ0n) is 13.1. The van der Waals surface area contributed by atoms with Crippen LogP contribution in [0.1, 0.15) is 26.2 Å². The van der Waals surface area contributed by atoms with Gasteiger partial charge in [-0.15, -0.1) is 0 Å². The molecule has 1 aromatic heterocycles. The van der Waals surface area contributed by atoms with Gasteiger partial charge in [0.1, 0.15) is 4.90 Å². The minimum atomic E-state index is -3.66. The molecule has 0 aliphatic heterocycles. The molecule has 23 heavy (non-hydrogen) atoms. The Morgan fingerprint density at radius 3 is 2.39 bits per heavy atom. The third-order valence-electron chi connectivity index (χ3n) is 3.48. The number of nitrogens with one attached hydrogen (secondary N) is 1. The summed E-state index contributed by atoms with van der Waals surface area (Å²) in [6.45, 7) is 2.32. The second-order valence-electron chi connectivity index (χ2n) is 5.30. The largest absolute Gasteiger partial charge is 0.329 e. The van der Waals surface area contributed by atoms with Crippen molar-refractivity contribution in [2.24, 2.45) is 5.73 Å². The molecule has 0 radical (unpaired) electrons. The molecule has 3 N–H and O–H groups in total. The predicted molar refractivity (Wildman–Crippen MR) is 90.2 cm³/mol. The van der Waals surface area contributed by atoms with Crippen LogP contribution < -0.4 is 10.5 Å². The number of aromatic nitrogens is 2. The molecule has 0 spiro atoms. The van der Waals surface area contributed by atoms with Crippen molar-refractivity contribution in [2.75, 3.05) is 6.54 Å². The summed E-state index contributed by atoms with van der Waals surface area (Å²) in [7, 11) is -3.66. The molecule has 1 atom stereocenters. The summed E-state index contributed by atoms with van der Waals surface area (Å²) in [4.78, 5) is 8.35. The van der Waals surface area contributed by atoms with Gasteiger partial charge in [-0.25, -0.2) is 23.1 Å². The van der Waals surface area contributed by atoms with E-state index in [4.69, 9.17) is 5.73 Å². The smallest absolute Gasteiger partial charge is 0.243 e. The molecule has 124 valence electrons. The average Bonchev–Trinajstić information content (AvgIpc) is 2.59. The average molecular weight is 334 g/mol. The molecule has 6 nitrogen and oxygen atoms in total. The fourth-order valence-corrected chi connectivity index (χ4v) is 3.33. The summed E-state index contributed by atoms with van der Waals surface area (Å²) in [6, 6.07) is 9.13. The van der Waals surface area contributed by atoms with Crippen molar-refractivity contribution in [3.05, 3.63) is 42.7 Å². The lowest BCUT2D eigenvalue weighted by Crippen LogP contribution is -2.40. The molecule has 0 amide bonds. The van der Waals surface area contributed by atoms with Crippen LogP contribution in [-0.4, -0.2) is 31.0 Å². The van der Waals surface area contributed by atoms with E-state index >= 15 is 0 Å². The molecule has 7 heteroatoms. The number of hydrogen-bond donors (Lipinski definition) is 2. The van der Waals surface area contributed by atoms with E-state index in [2.05, 4.69) is 21.6 Å². The first-order chi connectivity index (χ1) is 11.1. The summed E-state index contributed by atoms with van der Waals surface area (Å²) in [5.41, 5.74) is 6.48. The monoisotopic (exact) mass is 334 g/mol. The maximum absolute atomic E-state index is 12.4. The molecule has 1 unspecified atom stereocenters. The van der Waals surface area contributed by atoms with Crippen LogP contribution in [0.15, 0.2) is 47.6 Å². The van der Waals surface area contributed by atoms with Crippen LogP contribution in [0.3, 0.4) is 0 Å². The van der Waals surface area contributed by atoms with Gasteiger partial charge in [0.2, 0.25) is 10.0 Å². The molecule has 1 aromatic carbocycles. The molecular formula is C16H22N4O2S. The Kier molecular flexibility index (Phi) is 6.20. The number of unbranched alkanes of at least 4 members (excludes halogenated alkanes) is 1. The third-order valence-corrected chi connectivity index (χ3v) is 4.96. The number of benzene rings is 1. The lowest BCUT2D eigenvalue weighted by atomic mass is 10.1. The van der Waals surface area contributed by atoms with Crippen molar-refractivity contribution in [1.82, 2.24) is 14.7 Å². The van der Waals surface area contributed by atoms with Crippen LogP contribution in [0.4, 0.5) is 0 Å². The Labute approximate surface area is 137 Å². The highest BCUT2D eigenvalue weighted by molar-refractivity contribution is 7.89. The molecule has 2 rings (SSSR count). The number of nitrogens with zero attached hydrogens (tertiary/aromatic N) is 2. The minimum Gasteiger partial charge on any atom is -0.329 e. The van der Waals surface area contributed by atoms with Crippen molar-refractivity contribution in [1.29, 1.82) is 0 Å². The highest BCUT2D eigenvalue weighted by atomic mass is 32.2. The summed E-state index contributed by atoms with van der Waals surface area (Å²) in [6.07, 6.45) is 5.28. The van der Waals surface area contributed by atoms with Crippen LogP contribution in [0, 0.1) is 0 Å². The Morgan fingerprint density at radius 1 is 1.17 bits per heavy atom. The zero-order chi connectivity index (χ0) is 16.7. The van der Waals surface area contributed by atoms with Gasteiger partial charge in [0.25, 0.3) is 0 Å².